The average molecular weight is 401 g/mol. The molecule has 2 fully saturated rings. The molecule has 3 atom stereocenters. The number of benzene rings is 2. The van der Waals surface area contributed by atoms with E-state index in [1.165, 1.54) is 34.1 Å². The van der Waals surface area contributed by atoms with E-state index in [9.17, 15) is 18.5 Å². The van der Waals surface area contributed by atoms with Gasteiger partial charge in [-0.3, -0.25) is 15.0 Å². The maximum absolute atomic E-state index is 13.0. The number of hydrogen-bond acceptors (Lipinski definition) is 5. The van der Waals surface area contributed by atoms with Crippen LogP contribution in [0.3, 0.4) is 0 Å². The van der Waals surface area contributed by atoms with Gasteiger partial charge >= 0.3 is 0 Å². The van der Waals surface area contributed by atoms with Crippen LogP contribution in [0.25, 0.3) is 0 Å². The number of fused-ring (bicyclic) bond motifs is 1. The summed E-state index contributed by atoms with van der Waals surface area (Å²) in [6.45, 7) is 4.10. The second kappa shape index (κ2) is 7.27. The Kier molecular flexibility index (Phi) is 4.95. The molecule has 2 aromatic rings. The lowest BCUT2D eigenvalue weighted by atomic mass is 10.0. The molecule has 0 radical (unpaired) electrons. The summed E-state index contributed by atoms with van der Waals surface area (Å²) in [5.41, 5.74) is 1.12. The molecular weight excluding hydrogens is 378 g/mol. The number of rotatable bonds is 5. The highest BCUT2D eigenvalue weighted by atomic mass is 32.2. The zero-order chi connectivity index (χ0) is 19.9. The van der Waals surface area contributed by atoms with Gasteiger partial charge in [-0.05, 0) is 43.5 Å². The second-order valence-electron chi connectivity index (χ2n) is 7.51. The standard InChI is InChI=1S/C20H23N3O4S/c1-15(16-5-3-2-4-6-16)22-12-11-17-13-21(14-20(17)22)28(26,27)19-9-7-18(8-10-19)23(24)25/h2-10,15,17,20H,11-14H2,1H3/t15-,17+,20-/m1/s1. The van der Waals surface area contributed by atoms with E-state index >= 15 is 0 Å². The molecule has 0 aliphatic carbocycles. The lowest BCUT2D eigenvalue weighted by Gasteiger charge is -2.31. The Balaban J connectivity index is 1.52. The number of nitrogens with zero attached hydrogens (tertiary/aromatic N) is 3. The van der Waals surface area contributed by atoms with Crippen molar-refractivity contribution in [3.8, 4) is 0 Å². The molecular formula is C20H23N3O4S. The van der Waals surface area contributed by atoms with Gasteiger partial charge in [0.15, 0.2) is 0 Å². The summed E-state index contributed by atoms with van der Waals surface area (Å²) in [4.78, 5) is 12.8. The van der Waals surface area contributed by atoms with Gasteiger partial charge in [0.1, 0.15) is 0 Å². The number of likely N-dealkylation sites (tertiary alicyclic amines) is 1. The predicted octanol–water partition coefficient (Wildman–Crippen LogP) is 3.05. The fraction of sp³-hybridized carbons (Fsp3) is 0.400. The molecule has 0 N–H and O–H groups in total. The van der Waals surface area contributed by atoms with Gasteiger partial charge < -0.3 is 0 Å². The molecule has 2 heterocycles. The Bertz CT molecular complexity index is 963. The predicted molar refractivity (Wildman–Crippen MR) is 105 cm³/mol. The van der Waals surface area contributed by atoms with Crippen molar-refractivity contribution >= 4 is 15.7 Å². The minimum absolute atomic E-state index is 0.111. The SMILES string of the molecule is C[C@H](c1ccccc1)N1CC[C@H]2CN(S(=O)(=O)c3ccc([N+](=O)[O-])cc3)C[C@H]21. The Labute approximate surface area is 164 Å². The van der Waals surface area contributed by atoms with Crippen molar-refractivity contribution in [3.05, 3.63) is 70.3 Å². The van der Waals surface area contributed by atoms with Crippen LogP contribution in [0, 0.1) is 16.0 Å². The molecule has 0 aromatic heterocycles. The molecule has 0 saturated carbocycles. The quantitative estimate of drug-likeness (QED) is 0.568. The minimum atomic E-state index is -3.65. The normalized spacial score (nSPS) is 24.2. The summed E-state index contributed by atoms with van der Waals surface area (Å²) in [7, 11) is -3.65. The van der Waals surface area contributed by atoms with Crippen LogP contribution in [0.1, 0.15) is 24.9 Å². The van der Waals surface area contributed by atoms with Crippen molar-refractivity contribution in [3.63, 3.8) is 0 Å². The highest BCUT2D eigenvalue weighted by Crippen LogP contribution is 2.39. The third-order valence-corrected chi connectivity index (χ3v) is 7.87. The van der Waals surface area contributed by atoms with E-state index < -0.39 is 14.9 Å². The second-order valence-corrected chi connectivity index (χ2v) is 9.45. The van der Waals surface area contributed by atoms with E-state index in [0.717, 1.165) is 13.0 Å². The monoisotopic (exact) mass is 401 g/mol. The zero-order valence-electron chi connectivity index (χ0n) is 15.6. The summed E-state index contributed by atoms with van der Waals surface area (Å²) >= 11 is 0. The van der Waals surface area contributed by atoms with Crippen LogP contribution in [-0.4, -0.2) is 48.2 Å². The third kappa shape index (κ3) is 3.32. The van der Waals surface area contributed by atoms with Gasteiger partial charge in [0.25, 0.3) is 5.69 Å². The highest BCUT2D eigenvalue weighted by Gasteiger charge is 2.46. The van der Waals surface area contributed by atoms with Crippen molar-refractivity contribution < 1.29 is 13.3 Å². The van der Waals surface area contributed by atoms with Crippen LogP contribution in [0.15, 0.2) is 59.5 Å². The van der Waals surface area contributed by atoms with Crippen LogP contribution >= 0.6 is 0 Å². The molecule has 28 heavy (non-hydrogen) atoms. The maximum atomic E-state index is 13.0. The highest BCUT2D eigenvalue weighted by molar-refractivity contribution is 7.89. The average Bonchev–Trinajstić information content (AvgIpc) is 3.29. The Morgan fingerprint density at radius 1 is 1.07 bits per heavy atom. The van der Waals surface area contributed by atoms with Gasteiger partial charge in [0.05, 0.1) is 9.82 Å². The molecule has 8 heteroatoms. The largest absolute Gasteiger partial charge is 0.292 e. The van der Waals surface area contributed by atoms with Gasteiger partial charge in [-0.2, -0.15) is 4.31 Å². The van der Waals surface area contributed by atoms with E-state index in [2.05, 4.69) is 24.0 Å². The van der Waals surface area contributed by atoms with Gasteiger partial charge in [-0.25, -0.2) is 8.42 Å². The van der Waals surface area contributed by atoms with Gasteiger partial charge in [-0.1, -0.05) is 30.3 Å². The van der Waals surface area contributed by atoms with E-state index in [1.807, 2.05) is 18.2 Å². The molecule has 0 unspecified atom stereocenters. The van der Waals surface area contributed by atoms with Crippen molar-refractivity contribution in [2.45, 2.75) is 30.3 Å². The molecule has 0 amide bonds. The van der Waals surface area contributed by atoms with Crippen molar-refractivity contribution in [1.29, 1.82) is 0 Å². The van der Waals surface area contributed by atoms with E-state index in [4.69, 9.17) is 0 Å². The summed E-state index contributed by atoms with van der Waals surface area (Å²) < 4.78 is 27.6. The van der Waals surface area contributed by atoms with Gasteiger partial charge in [0, 0.05) is 37.3 Å². The Morgan fingerprint density at radius 2 is 1.75 bits per heavy atom. The third-order valence-electron chi connectivity index (χ3n) is 6.02. The molecule has 2 aliphatic rings. The summed E-state index contributed by atoms with van der Waals surface area (Å²) in [6, 6.07) is 15.8. The molecule has 2 aliphatic heterocycles. The van der Waals surface area contributed by atoms with Crippen molar-refractivity contribution in [2.75, 3.05) is 19.6 Å². The lowest BCUT2D eigenvalue weighted by molar-refractivity contribution is -0.384. The number of non-ortho nitro benzene ring substituents is 1. The van der Waals surface area contributed by atoms with Crippen LogP contribution in [-0.2, 0) is 10.0 Å². The molecule has 4 rings (SSSR count). The van der Waals surface area contributed by atoms with E-state index in [0.29, 0.717) is 19.0 Å². The first-order chi connectivity index (χ1) is 13.4. The lowest BCUT2D eigenvalue weighted by Crippen LogP contribution is -2.38. The first-order valence-electron chi connectivity index (χ1n) is 9.43. The zero-order valence-corrected chi connectivity index (χ0v) is 16.5. The summed E-state index contributed by atoms with van der Waals surface area (Å²) in [6.07, 6.45) is 0.980. The fourth-order valence-electron chi connectivity index (χ4n) is 4.44. The molecule has 0 bridgehead atoms. The number of nitro groups is 1. The van der Waals surface area contributed by atoms with Crippen LogP contribution < -0.4 is 0 Å². The molecule has 7 nitrogen and oxygen atoms in total. The molecule has 2 saturated heterocycles. The van der Waals surface area contributed by atoms with Crippen molar-refractivity contribution in [1.82, 2.24) is 9.21 Å². The smallest absolute Gasteiger partial charge is 0.269 e. The Morgan fingerprint density at radius 3 is 2.39 bits per heavy atom. The molecule has 148 valence electrons. The van der Waals surface area contributed by atoms with Crippen LogP contribution in [0.2, 0.25) is 0 Å². The van der Waals surface area contributed by atoms with Gasteiger partial charge in [-0.15, -0.1) is 0 Å². The van der Waals surface area contributed by atoms with Gasteiger partial charge in [0.2, 0.25) is 10.0 Å². The Hall–Kier alpha value is -2.29. The minimum Gasteiger partial charge on any atom is -0.292 e. The van der Waals surface area contributed by atoms with E-state index in [-0.39, 0.29) is 22.7 Å². The number of nitro benzene ring substituents is 1. The number of hydrogen-bond donors (Lipinski definition) is 0. The van der Waals surface area contributed by atoms with Crippen molar-refractivity contribution in [2.24, 2.45) is 5.92 Å². The molecule has 2 aromatic carbocycles. The number of sulfonamides is 1. The first-order valence-corrected chi connectivity index (χ1v) is 10.9. The van der Waals surface area contributed by atoms with Crippen LogP contribution in [0.5, 0.6) is 0 Å². The summed E-state index contributed by atoms with van der Waals surface area (Å²) in [5.74, 6) is 0.319. The maximum Gasteiger partial charge on any atom is 0.269 e. The topological polar surface area (TPSA) is 83.8 Å². The molecule has 0 spiro atoms. The van der Waals surface area contributed by atoms with E-state index in [1.54, 1.807) is 0 Å². The van der Waals surface area contributed by atoms with Crippen LogP contribution in [0.4, 0.5) is 5.69 Å². The fourth-order valence-corrected chi connectivity index (χ4v) is 5.96. The first kappa shape index (κ1) is 19.0. The summed E-state index contributed by atoms with van der Waals surface area (Å²) in [5, 5.41) is 10.8.